The Balaban J connectivity index is 2.02. The van der Waals surface area contributed by atoms with Gasteiger partial charge in [0.1, 0.15) is 5.78 Å². The van der Waals surface area contributed by atoms with E-state index >= 15 is 0 Å². The lowest BCUT2D eigenvalue weighted by Gasteiger charge is -2.14. The summed E-state index contributed by atoms with van der Waals surface area (Å²) in [5.41, 5.74) is 7.72. The second-order valence-corrected chi connectivity index (χ2v) is 7.16. The van der Waals surface area contributed by atoms with E-state index < -0.39 is 12.0 Å². The number of allylic oxidation sites excluding steroid dienone is 1. The third-order valence-electron chi connectivity index (χ3n) is 4.69. The van der Waals surface area contributed by atoms with Gasteiger partial charge in [0, 0.05) is 12.1 Å². The third kappa shape index (κ3) is 7.64. The van der Waals surface area contributed by atoms with Gasteiger partial charge < -0.3 is 15.8 Å². The molecule has 1 amide bonds. The van der Waals surface area contributed by atoms with Gasteiger partial charge in [0.15, 0.2) is 0 Å². The summed E-state index contributed by atoms with van der Waals surface area (Å²) < 4.78 is 4.69. The number of methoxy groups -OCH3 is 1. The summed E-state index contributed by atoms with van der Waals surface area (Å²) in [7, 11) is 1.30. The minimum absolute atomic E-state index is 0.0381. The molecule has 2 aromatic rings. The van der Waals surface area contributed by atoms with Crippen molar-refractivity contribution in [2.45, 2.75) is 32.2 Å². The first kappa shape index (κ1) is 23.0. The molecule has 0 bridgehead atoms. The van der Waals surface area contributed by atoms with Gasteiger partial charge in [-0.15, -0.1) is 0 Å². The largest absolute Gasteiger partial charge is 0.465 e. The van der Waals surface area contributed by atoms with Crippen molar-refractivity contribution in [2.75, 3.05) is 12.4 Å². The van der Waals surface area contributed by atoms with E-state index in [9.17, 15) is 14.4 Å². The number of rotatable bonds is 10. The van der Waals surface area contributed by atoms with Gasteiger partial charge in [-0.3, -0.25) is 9.59 Å². The molecular weight excluding hydrogens is 380 g/mol. The Morgan fingerprint density at radius 2 is 1.83 bits per heavy atom. The standard InChI is InChI=1S/C24H28N2O4/c1-17(25)22(27)15-19(12-11-18-7-4-3-5-8-18)13-14-23(28)26-21-10-6-9-20(16-21)24(29)30-2/h3-10,13-14,16-17,19H,11-12,15,25H2,1-2H3,(H,26,28)/b14-13+/t17-,19-/m0/s1. The van der Waals surface area contributed by atoms with E-state index in [4.69, 9.17) is 5.73 Å². The fourth-order valence-corrected chi connectivity index (χ4v) is 2.96. The van der Waals surface area contributed by atoms with Crippen LogP contribution >= 0.6 is 0 Å². The van der Waals surface area contributed by atoms with E-state index in [1.54, 1.807) is 37.3 Å². The zero-order valence-electron chi connectivity index (χ0n) is 17.3. The number of amides is 1. The van der Waals surface area contributed by atoms with Gasteiger partial charge in [0.25, 0.3) is 0 Å². The number of ketones is 1. The zero-order valence-corrected chi connectivity index (χ0v) is 17.3. The number of Topliss-reactive ketones (excluding diaryl/α,β-unsaturated/α-hetero) is 1. The summed E-state index contributed by atoms with van der Waals surface area (Å²) in [5.74, 6) is -0.952. The molecule has 0 aliphatic heterocycles. The summed E-state index contributed by atoms with van der Waals surface area (Å²) in [6.45, 7) is 1.67. The first-order valence-corrected chi connectivity index (χ1v) is 9.89. The number of aryl methyl sites for hydroxylation is 1. The monoisotopic (exact) mass is 408 g/mol. The van der Waals surface area contributed by atoms with Crippen LogP contribution < -0.4 is 11.1 Å². The maximum atomic E-state index is 12.3. The molecule has 0 radical (unpaired) electrons. The van der Waals surface area contributed by atoms with Crippen LogP contribution in [0.25, 0.3) is 0 Å². The van der Waals surface area contributed by atoms with Crippen molar-refractivity contribution in [3.05, 3.63) is 77.9 Å². The molecule has 0 spiro atoms. The highest BCUT2D eigenvalue weighted by Gasteiger charge is 2.15. The molecule has 0 saturated carbocycles. The third-order valence-corrected chi connectivity index (χ3v) is 4.69. The fraction of sp³-hybridized carbons (Fsp3) is 0.292. The highest BCUT2D eigenvalue weighted by Crippen LogP contribution is 2.17. The molecule has 3 N–H and O–H groups in total. The van der Waals surface area contributed by atoms with Crippen LogP contribution in [0.2, 0.25) is 0 Å². The lowest BCUT2D eigenvalue weighted by atomic mass is 9.92. The molecule has 0 heterocycles. The predicted octanol–water partition coefficient (Wildman–Crippen LogP) is 3.52. The Labute approximate surface area is 177 Å². The van der Waals surface area contributed by atoms with Crippen LogP contribution in [-0.4, -0.2) is 30.8 Å². The number of carbonyl (C=O) groups excluding carboxylic acids is 3. The van der Waals surface area contributed by atoms with E-state index in [1.165, 1.54) is 18.7 Å². The van der Waals surface area contributed by atoms with Crippen molar-refractivity contribution in [2.24, 2.45) is 11.7 Å². The van der Waals surface area contributed by atoms with Gasteiger partial charge in [-0.25, -0.2) is 4.79 Å². The maximum Gasteiger partial charge on any atom is 0.337 e. The van der Waals surface area contributed by atoms with Gasteiger partial charge in [0.05, 0.1) is 18.7 Å². The molecule has 0 aliphatic rings. The summed E-state index contributed by atoms with van der Waals surface area (Å²) >= 11 is 0. The van der Waals surface area contributed by atoms with E-state index in [2.05, 4.69) is 10.1 Å². The number of esters is 1. The van der Waals surface area contributed by atoms with E-state index in [0.717, 1.165) is 12.8 Å². The molecule has 2 aromatic carbocycles. The van der Waals surface area contributed by atoms with Gasteiger partial charge >= 0.3 is 5.97 Å². The SMILES string of the molecule is COC(=O)c1cccc(NC(=O)/C=C/[C@H](CCc2ccccc2)CC(=O)[C@H](C)N)c1. The predicted molar refractivity (Wildman–Crippen MR) is 117 cm³/mol. The number of nitrogens with one attached hydrogen (secondary N) is 1. The normalized spacial score (nSPS) is 12.9. The van der Waals surface area contributed by atoms with Crippen LogP contribution in [0.4, 0.5) is 5.69 Å². The highest BCUT2D eigenvalue weighted by molar-refractivity contribution is 6.00. The molecular formula is C24H28N2O4. The van der Waals surface area contributed by atoms with Crippen LogP contribution in [0.1, 0.15) is 35.7 Å². The number of benzene rings is 2. The van der Waals surface area contributed by atoms with Crippen LogP contribution in [0, 0.1) is 5.92 Å². The second-order valence-electron chi connectivity index (χ2n) is 7.16. The molecule has 6 heteroatoms. The number of carbonyl (C=O) groups is 3. The van der Waals surface area contributed by atoms with E-state index in [0.29, 0.717) is 11.3 Å². The zero-order chi connectivity index (χ0) is 21.9. The Kier molecular flexibility index (Phi) is 8.97. The summed E-state index contributed by atoms with van der Waals surface area (Å²) in [6.07, 6.45) is 4.98. The Bertz CT molecular complexity index is 891. The minimum Gasteiger partial charge on any atom is -0.465 e. The molecule has 6 nitrogen and oxygen atoms in total. The minimum atomic E-state index is -0.535. The molecule has 30 heavy (non-hydrogen) atoms. The topological polar surface area (TPSA) is 98.5 Å². The van der Waals surface area contributed by atoms with Gasteiger partial charge in [-0.2, -0.15) is 0 Å². The summed E-state index contributed by atoms with van der Waals surface area (Å²) in [4.78, 5) is 36.1. The van der Waals surface area contributed by atoms with Crippen molar-refractivity contribution in [3.63, 3.8) is 0 Å². The Hall–Kier alpha value is -3.25. The Morgan fingerprint density at radius 3 is 2.50 bits per heavy atom. The Morgan fingerprint density at radius 1 is 1.10 bits per heavy atom. The van der Waals surface area contributed by atoms with Crippen molar-refractivity contribution in [3.8, 4) is 0 Å². The average Bonchev–Trinajstić information content (AvgIpc) is 2.75. The number of ether oxygens (including phenoxy) is 1. The molecule has 0 saturated heterocycles. The van der Waals surface area contributed by atoms with Crippen LogP contribution in [-0.2, 0) is 20.7 Å². The second kappa shape index (κ2) is 11.7. The van der Waals surface area contributed by atoms with Crippen LogP contribution in [0.3, 0.4) is 0 Å². The van der Waals surface area contributed by atoms with Gasteiger partial charge in [-0.05, 0) is 55.5 Å². The first-order chi connectivity index (χ1) is 14.4. The quantitative estimate of drug-likeness (QED) is 0.463. The smallest absolute Gasteiger partial charge is 0.337 e. The highest BCUT2D eigenvalue weighted by atomic mass is 16.5. The molecule has 0 unspecified atom stereocenters. The summed E-state index contributed by atoms with van der Waals surface area (Å²) in [5, 5.41) is 2.72. The van der Waals surface area contributed by atoms with Gasteiger partial charge in [0.2, 0.25) is 5.91 Å². The molecule has 0 aromatic heterocycles. The van der Waals surface area contributed by atoms with Crippen molar-refractivity contribution in [1.82, 2.24) is 0 Å². The van der Waals surface area contributed by atoms with E-state index in [-0.39, 0.29) is 24.0 Å². The number of hydrogen-bond acceptors (Lipinski definition) is 5. The molecule has 158 valence electrons. The van der Waals surface area contributed by atoms with E-state index in [1.807, 2.05) is 30.3 Å². The molecule has 2 atom stereocenters. The fourth-order valence-electron chi connectivity index (χ4n) is 2.96. The van der Waals surface area contributed by atoms with Crippen LogP contribution in [0.15, 0.2) is 66.7 Å². The first-order valence-electron chi connectivity index (χ1n) is 9.89. The van der Waals surface area contributed by atoms with Crippen molar-refractivity contribution >= 4 is 23.3 Å². The van der Waals surface area contributed by atoms with Crippen LogP contribution in [0.5, 0.6) is 0 Å². The molecule has 0 aliphatic carbocycles. The van der Waals surface area contributed by atoms with Crippen molar-refractivity contribution in [1.29, 1.82) is 0 Å². The average molecular weight is 408 g/mol. The number of nitrogens with two attached hydrogens (primary N) is 1. The summed E-state index contributed by atoms with van der Waals surface area (Å²) in [6, 6.07) is 15.9. The molecule has 0 fully saturated rings. The number of hydrogen-bond donors (Lipinski definition) is 2. The molecule has 2 rings (SSSR count). The lowest BCUT2D eigenvalue weighted by molar-refractivity contribution is -0.120. The maximum absolute atomic E-state index is 12.3. The van der Waals surface area contributed by atoms with Gasteiger partial charge in [-0.1, -0.05) is 42.5 Å². The van der Waals surface area contributed by atoms with Crippen molar-refractivity contribution < 1.29 is 19.1 Å². The lowest BCUT2D eigenvalue weighted by Crippen LogP contribution is -2.28. The number of anilines is 1.